The smallest absolute Gasteiger partial charge is 0.169 e. The van der Waals surface area contributed by atoms with Crippen molar-refractivity contribution in [2.45, 2.75) is 20.0 Å². The van der Waals surface area contributed by atoms with E-state index in [1.54, 1.807) is 19.2 Å². The number of benzene rings is 1. The molecule has 96 valence electrons. The molecular formula is C14H15BrO3. The largest absolute Gasteiger partial charge is 0.496 e. The van der Waals surface area contributed by atoms with E-state index in [2.05, 4.69) is 15.9 Å². The molecule has 1 heterocycles. The number of aliphatic hydroxyl groups is 1. The van der Waals surface area contributed by atoms with Gasteiger partial charge in [-0.2, -0.15) is 0 Å². The Labute approximate surface area is 115 Å². The molecule has 0 saturated carbocycles. The normalized spacial score (nSPS) is 12.5. The molecule has 1 unspecified atom stereocenters. The molecule has 1 aromatic heterocycles. The zero-order valence-electron chi connectivity index (χ0n) is 10.5. The molecular weight excluding hydrogens is 296 g/mol. The van der Waals surface area contributed by atoms with E-state index < -0.39 is 6.10 Å². The Morgan fingerprint density at radius 3 is 2.50 bits per heavy atom. The Morgan fingerprint density at radius 1 is 1.22 bits per heavy atom. The Balaban J connectivity index is 2.48. The van der Waals surface area contributed by atoms with Gasteiger partial charge in [-0.05, 0) is 53.0 Å². The number of aliphatic hydroxyl groups excluding tert-OH is 1. The summed E-state index contributed by atoms with van der Waals surface area (Å²) in [5, 5.41) is 10.3. The number of hydrogen-bond acceptors (Lipinski definition) is 3. The summed E-state index contributed by atoms with van der Waals surface area (Å²) in [5.74, 6) is 1.19. The lowest BCUT2D eigenvalue weighted by Gasteiger charge is -2.16. The lowest BCUT2D eigenvalue weighted by molar-refractivity contribution is 0.183. The fraction of sp³-hybridized carbons (Fsp3) is 0.286. The molecule has 2 aromatic rings. The minimum atomic E-state index is -0.828. The van der Waals surface area contributed by atoms with Crippen LogP contribution in [0.4, 0.5) is 0 Å². The van der Waals surface area contributed by atoms with Crippen LogP contribution < -0.4 is 4.74 Å². The third kappa shape index (κ3) is 2.31. The van der Waals surface area contributed by atoms with Crippen molar-refractivity contribution in [2.75, 3.05) is 7.11 Å². The van der Waals surface area contributed by atoms with E-state index in [1.165, 1.54) is 0 Å². The van der Waals surface area contributed by atoms with Crippen molar-refractivity contribution in [3.05, 3.63) is 51.4 Å². The summed E-state index contributed by atoms with van der Waals surface area (Å²) in [6, 6.07) is 7.33. The summed E-state index contributed by atoms with van der Waals surface area (Å²) >= 11 is 3.23. The molecule has 1 N–H and O–H groups in total. The minimum absolute atomic E-state index is 0.489. The van der Waals surface area contributed by atoms with Gasteiger partial charge in [0.05, 0.1) is 7.11 Å². The van der Waals surface area contributed by atoms with E-state index in [0.717, 1.165) is 11.1 Å². The van der Waals surface area contributed by atoms with Gasteiger partial charge in [0.1, 0.15) is 17.6 Å². The number of aryl methyl sites for hydroxylation is 1. The van der Waals surface area contributed by atoms with Gasteiger partial charge >= 0.3 is 0 Å². The van der Waals surface area contributed by atoms with Crippen LogP contribution in [0.3, 0.4) is 0 Å². The molecule has 0 radical (unpaired) electrons. The lowest BCUT2D eigenvalue weighted by atomic mass is 9.99. The molecule has 0 amide bonds. The molecule has 1 atom stereocenters. The summed E-state index contributed by atoms with van der Waals surface area (Å²) in [6.45, 7) is 3.99. The van der Waals surface area contributed by atoms with Gasteiger partial charge in [0, 0.05) is 5.56 Å². The van der Waals surface area contributed by atoms with Crippen LogP contribution in [-0.2, 0) is 0 Å². The average molecular weight is 311 g/mol. The van der Waals surface area contributed by atoms with Gasteiger partial charge in [-0.3, -0.25) is 0 Å². The fourth-order valence-corrected chi connectivity index (χ4v) is 2.24. The molecule has 3 nitrogen and oxygen atoms in total. The molecule has 0 aliphatic heterocycles. The number of rotatable bonds is 3. The minimum Gasteiger partial charge on any atom is -0.496 e. The highest BCUT2D eigenvalue weighted by Gasteiger charge is 2.20. The molecule has 4 heteroatoms. The Hall–Kier alpha value is -1.26. The second-order valence-electron chi connectivity index (χ2n) is 4.17. The molecule has 0 saturated heterocycles. The summed E-state index contributed by atoms with van der Waals surface area (Å²) in [7, 11) is 1.61. The second-order valence-corrected chi connectivity index (χ2v) is 4.96. The van der Waals surface area contributed by atoms with Crippen LogP contribution >= 0.6 is 15.9 Å². The first kappa shape index (κ1) is 13.2. The van der Waals surface area contributed by atoms with Gasteiger partial charge in [-0.15, -0.1) is 0 Å². The van der Waals surface area contributed by atoms with E-state index >= 15 is 0 Å². The van der Waals surface area contributed by atoms with E-state index in [1.807, 2.05) is 26.0 Å². The first-order chi connectivity index (χ1) is 8.54. The number of ether oxygens (including phenoxy) is 1. The zero-order valence-corrected chi connectivity index (χ0v) is 12.1. The van der Waals surface area contributed by atoms with E-state index in [4.69, 9.17) is 9.15 Å². The number of halogens is 1. The van der Waals surface area contributed by atoms with Crippen LogP contribution in [0.1, 0.15) is 28.6 Å². The zero-order chi connectivity index (χ0) is 13.3. The third-order valence-electron chi connectivity index (χ3n) is 3.07. The molecule has 2 rings (SSSR count). The van der Waals surface area contributed by atoms with Crippen molar-refractivity contribution < 1.29 is 14.3 Å². The molecule has 0 fully saturated rings. The maximum absolute atomic E-state index is 10.3. The van der Waals surface area contributed by atoms with Gasteiger partial charge < -0.3 is 14.3 Å². The van der Waals surface area contributed by atoms with Crippen LogP contribution in [0.15, 0.2) is 33.4 Å². The quantitative estimate of drug-likeness (QED) is 0.939. The van der Waals surface area contributed by atoms with Crippen molar-refractivity contribution >= 4 is 15.9 Å². The van der Waals surface area contributed by atoms with Crippen molar-refractivity contribution in [3.8, 4) is 5.75 Å². The van der Waals surface area contributed by atoms with Gasteiger partial charge in [-0.25, -0.2) is 0 Å². The summed E-state index contributed by atoms with van der Waals surface area (Å²) < 4.78 is 11.4. The maximum Gasteiger partial charge on any atom is 0.169 e. The SMILES string of the molecule is COc1c(C(O)c2ccc(Br)o2)ccc(C)c1C. The number of hydrogen-bond donors (Lipinski definition) is 1. The molecule has 1 aromatic carbocycles. The molecule has 18 heavy (non-hydrogen) atoms. The first-order valence-corrected chi connectivity index (χ1v) is 6.41. The highest BCUT2D eigenvalue weighted by molar-refractivity contribution is 9.10. The lowest BCUT2D eigenvalue weighted by Crippen LogP contribution is -2.03. The highest BCUT2D eigenvalue weighted by Crippen LogP contribution is 2.35. The summed E-state index contributed by atoms with van der Waals surface area (Å²) in [5.41, 5.74) is 2.87. The molecule has 0 spiro atoms. The van der Waals surface area contributed by atoms with Crippen molar-refractivity contribution in [3.63, 3.8) is 0 Å². The van der Waals surface area contributed by atoms with E-state index in [-0.39, 0.29) is 0 Å². The van der Waals surface area contributed by atoms with Crippen molar-refractivity contribution in [1.29, 1.82) is 0 Å². The third-order valence-corrected chi connectivity index (χ3v) is 3.50. The van der Waals surface area contributed by atoms with Crippen LogP contribution in [0.25, 0.3) is 0 Å². The van der Waals surface area contributed by atoms with Crippen LogP contribution in [-0.4, -0.2) is 12.2 Å². The topological polar surface area (TPSA) is 42.6 Å². The van der Waals surface area contributed by atoms with Gasteiger partial charge in [-0.1, -0.05) is 12.1 Å². The van der Waals surface area contributed by atoms with Gasteiger partial charge in [0.2, 0.25) is 0 Å². The van der Waals surface area contributed by atoms with Crippen LogP contribution in [0, 0.1) is 13.8 Å². The van der Waals surface area contributed by atoms with Gasteiger partial charge in [0.25, 0.3) is 0 Å². The molecule has 0 aliphatic carbocycles. The highest BCUT2D eigenvalue weighted by atomic mass is 79.9. The Kier molecular flexibility index (Phi) is 3.78. The Bertz CT molecular complexity index is 560. The molecule has 0 aliphatic rings. The van der Waals surface area contributed by atoms with Crippen molar-refractivity contribution in [2.24, 2.45) is 0 Å². The predicted molar refractivity (Wildman–Crippen MR) is 72.9 cm³/mol. The van der Waals surface area contributed by atoms with Crippen molar-refractivity contribution in [1.82, 2.24) is 0 Å². The predicted octanol–water partition coefficient (Wildman–Crippen LogP) is 3.75. The van der Waals surface area contributed by atoms with Gasteiger partial charge in [0.15, 0.2) is 4.67 Å². The monoisotopic (exact) mass is 310 g/mol. The summed E-state index contributed by atoms with van der Waals surface area (Å²) in [4.78, 5) is 0. The maximum atomic E-state index is 10.3. The van der Waals surface area contributed by atoms with Crippen LogP contribution in [0.2, 0.25) is 0 Å². The number of methoxy groups -OCH3 is 1. The standard InChI is InChI=1S/C14H15BrO3/c1-8-4-5-10(14(17-3)9(8)2)13(16)11-6-7-12(15)18-11/h4-7,13,16H,1-3H3. The average Bonchev–Trinajstić information content (AvgIpc) is 2.78. The van der Waals surface area contributed by atoms with E-state index in [0.29, 0.717) is 21.7 Å². The first-order valence-electron chi connectivity index (χ1n) is 5.62. The summed E-state index contributed by atoms with van der Waals surface area (Å²) in [6.07, 6.45) is -0.828. The number of furan rings is 1. The fourth-order valence-electron chi connectivity index (χ4n) is 1.93. The van der Waals surface area contributed by atoms with Crippen LogP contribution in [0.5, 0.6) is 5.75 Å². The second kappa shape index (κ2) is 5.16. The Morgan fingerprint density at radius 2 is 1.94 bits per heavy atom. The molecule has 0 bridgehead atoms. The van der Waals surface area contributed by atoms with E-state index in [9.17, 15) is 5.11 Å².